The molecule has 122 valence electrons. The number of aryl methyl sites for hydroxylation is 2. The molecule has 1 heterocycles. The smallest absolute Gasteiger partial charge is 0.276 e. The van der Waals surface area contributed by atoms with Crippen molar-refractivity contribution in [1.82, 2.24) is 15.1 Å². The summed E-state index contributed by atoms with van der Waals surface area (Å²) in [7, 11) is 1.61. The number of nitrogens with zero attached hydrogens (tertiary/aromatic N) is 2. The van der Waals surface area contributed by atoms with Gasteiger partial charge < -0.3 is 5.32 Å². The summed E-state index contributed by atoms with van der Waals surface area (Å²) in [6, 6.07) is 11.5. The second kappa shape index (κ2) is 6.23. The average Bonchev–Trinajstić information content (AvgIpc) is 2.57. The number of nitrogens with one attached hydrogen (secondary N) is 1. The molecule has 3 aromatic rings. The fraction of sp³-hybridized carbons (Fsp3) is 0.167. The molecule has 1 N–H and O–H groups in total. The number of amides is 1. The Balaban J connectivity index is 1.94. The summed E-state index contributed by atoms with van der Waals surface area (Å²) in [5.74, 6) is -1.11. The summed E-state index contributed by atoms with van der Waals surface area (Å²) in [5.41, 5.74) is 1.64. The maximum absolute atomic E-state index is 13.4. The van der Waals surface area contributed by atoms with Crippen LogP contribution in [0.15, 0.2) is 47.3 Å². The van der Waals surface area contributed by atoms with Crippen molar-refractivity contribution in [2.24, 2.45) is 7.05 Å². The van der Waals surface area contributed by atoms with Crippen LogP contribution in [0.1, 0.15) is 21.6 Å². The molecule has 0 unspecified atom stereocenters. The van der Waals surface area contributed by atoms with Crippen LogP contribution in [0.5, 0.6) is 0 Å². The minimum Gasteiger partial charge on any atom is -0.346 e. The van der Waals surface area contributed by atoms with Gasteiger partial charge in [0.15, 0.2) is 5.69 Å². The molecule has 0 radical (unpaired) electrons. The largest absolute Gasteiger partial charge is 0.346 e. The quantitative estimate of drug-likeness (QED) is 0.804. The monoisotopic (exact) mass is 325 g/mol. The summed E-state index contributed by atoms with van der Waals surface area (Å²) < 4.78 is 14.8. The van der Waals surface area contributed by atoms with Gasteiger partial charge in [-0.3, -0.25) is 14.3 Å². The van der Waals surface area contributed by atoms with E-state index in [9.17, 15) is 14.0 Å². The summed E-state index contributed by atoms with van der Waals surface area (Å²) in [6.45, 7) is 2.23. The minimum atomic E-state index is -0.579. The van der Waals surface area contributed by atoms with E-state index >= 15 is 0 Å². The number of halogens is 1. The first kappa shape index (κ1) is 15.9. The van der Waals surface area contributed by atoms with Gasteiger partial charge >= 0.3 is 0 Å². The van der Waals surface area contributed by atoms with E-state index in [1.54, 1.807) is 7.05 Å². The third-order valence-corrected chi connectivity index (χ3v) is 3.93. The molecule has 0 bridgehead atoms. The van der Waals surface area contributed by atoms with Gasteiger partial charge in [-0.2, -0.15) is 5.10 Å². The fourth-order valence-electron chi connectivity index (χ4n) is 2.57. The molecular formula is C18H16FN3O2. The van der Waals surface area contributed by atoms with Gasteiger partial charge in [0.25, 0.3) is 5.91 Å². The molecule has 24 heavy (non-hydrogen) atoms. The van der Waals surface area contributed by atoms with Crippen LogP contribution in [0, 0.1) is 12.7 Å². The number of hydrogen-bond acceptors (Lipinski definition) is 3. The maximum atomic E-state index is 13.4. The molecule has 0 saturated carbocycles. The highest BCUT2D eigenvalue weighted by Crippen LogP contribution is 2.11. The van der Waals surface area contributed by atoms with E-state index in [0.717, 1.165) is 17.2 Å². The molecule has 0 aliphatic rings. The number of hydrogen-bond donors (Lipinski definition) is 1. The van der Waals surface area contributed by atoms with E-state index in [1.165, 1.54) is 16.8 Å². The Morgan fingerprint density at radius 2 is 2.00 bits per heavy atom. The predicted molar refractivity (Wildman–Crippen MR) is 89.3 cm³/mol. The van der Waals surface area contributed by atoms with E-state index in [4.69, 9.17) is 0 Å². The lowest BCUT2D eigenvalue weighted by molar-refractivity contribution is 0.0943. The van der Waals surface area contributed by atoms with Crippen molar-refractivity contribution in [3.8, 4) is 0 Å². The first-order valence-corrected chi connectivity index (χ1v) is 7.46. The standard InChI is InChI=1S/C18H16FN3O2/c1-11-5-3-4-6-12(11)10-20-18(24)16-17(23)14-9-13(19)7-8-15(14)22(2)21-16/h3-9H,10H2,1-2H3,(H,20,24). The Labute approximate surface area is 137 Å². The Hall–Kier alpha value is -3.02. The van der Waals surface area contributed by atoms with Crippen molar-refractivity contribution in [1.29, 1.82) is 0 Å². The first-order chi connectivity index (χ1) is 11.5. The molecule has 0 spiro atoms. The predicted octanol–water partition coefficient (Wildman–Crippen LogP) is 2.31. The van der Waals surface area contributed by atoms with Gasteiger partial charge in [-0.1, -0.05) is 24.3 Å². The molecule has 0 fully saturated rings. The third kappa shape index (κ3) is 2.90. The number of fused-ring (bicyclic) bond motifs is 1. The third-order valence-electron chi connectivity index (χ3n) is 3.93. The van der Waals surface area contributed by atoms with Gasteiger partial charge in [0.1, 0.15) is 5.82 Å². The van der Waals surface area contributed by atoms with Gasteiger partial charge in [0, 0.05) is 13.6 Å². The van der Waals surface area contributed by atoms with Crippen molar-refractivity contribution >= 4 is 16.8 Å². The SMILES string of the molecule is Cc1ccccc1CNC(=O)c1nn(C)c2ccc(F)cc2c1=O. The fourth-order valence-corrected chi connectivity index (χ4v) is 2.57. The molecule has 1 amide bonds. The van der Waals surface area contributed by atoms with E-state index in [-0.39, 0.29) is 17.6 Å². The van der Waals surface area contributed by atoms with Crippen LogP contribution in [0.2, 0.25) is 0 Å². The lowest BCUT2D eigenvalue weighted by atomic mass is 10.1. The van der Waals surface area contributed by atoms with Crippen LogP contribution in [-0.4, -0.2) is 15.7 Å². The molecule has 3 rings (SSSR count). The molecule has 0 atom stereocenters. The number of benzene rings is 2. The highest BCUT2D eigenvalue weighted by molar-refractivity contribution is 5.95. The topological polar surface area (TPSA) is 64.0 Å². The maximum Gasteiger partial charge on any atom is 0.276 e. The second-order valence-corrected chi connectivity index (χ2v) is 5.57. The molecule has 0 saturated heterocycles. The van der Waals surface area contributed by atoms with Crippen molar-refractivity contribution in [3.63, 3.8) is 0 Å². The Morgan fingerprint density at radius 3 is 2.75 bits per heavy atom. The summed E-state index contributed by atoms with van der Waals surface area (Å²) >= 11 is 0. The zero-order valence-electron chi connectivity index (χ0n) is 13.3. The first-order valence-electron chi connectivity index (χ1n) is 7.46. The lowest BCUT2D eigenvalue weighted by Crippen LogP contribution is -2.31. The van der Waals surface area contributed by atoms with Gasteiger partial charge in [-0.25, -0.2) is 4.39 Å². The van der Waals surface area contributed by atoms with Crippen LogP contribution >= 0.6 is 0 Å². The van der Waals surface area contributed by atoms with Crippen LogP contribution in [0.25, 0.3) is 10.9 Å². The summed E-state index contributed by atoms with van der Waals surface area (Å²) in [6.07, 6.45) is 0. The zero-order valence-corrected chi connectivity index (χ0v) is 13.3. The number of aromatic nitrogens is 2. The second-order valence-electron chi connectivity index (χ2n) is 5.57. The summed E-state index contributed by atoms with van der Waals surface area (Å²) in [4.78, 5) is 24.8. The average molecular weight is 325 g/mol. The van der Waals surface area contributed by atoms with Gasteiger partial charge in [0.05, 0.1) is 10.9 Å². The molecule has 2 aromatic carbocycles. The van der Waals surface area contributed by atoms with Crippen molar-refractivity contribution in [2.75, 3.05) is 0 Å². The minimum absolute atomic E-state index is 0.133. The number of carbonyl (C=O) groups excluding carboxylic acids is 1. The van der Waals surface area contributed by atoms with Gasteiger partial charge in [-0.05, 0) is 36.2 Å². The molecule has 6 heteroatoms. The molecular weight excluding hydrogens is 309 g/mol. The van der Waals surface area contributed by atoms with Gasteiger partial charge in [0.2, 0.25) is 5.43 Å². The highest BCUT2D eigenvalue weighted by atomic mass is 19.1. The normalized spacial score (nSPS) is 10.8. The molecule has 0 aliphatic heterocycles. The lowest BCUT2D eigenvalue weighted by Gasteiger charge is -2.09. The Morgan fingerprint density at radius 1 is 1.25 bits per heavy atom. The van der Waals surface area contributed by atoms with Crippen molar-refractivity contribution in [2.45, 2.75) is 13.5 Å². The van der Waals surface area contributed by atoms with Crippen molar-refractivity contribution in [3.05, 3.63) is 75.3 Å². The highest BCUT2D eigenvalue weighted by Gasteiger charge is 2.17. The Bertz CT molecular complexity index is 995. The van der Waals surface area contributed by atoms with Crippen LogP contribution in [-0.2, 0) is 13.6 Å². The van der Waals surface area contributed by atoms with Crippen molar-refractivity contribution < 1.29 is 9.18 Å². The zero-order chi connectivity index (χ0) is 17.3. The van der Waals surface area contributed by atoms with E-state index in [2.05, 4.69) is 10.4 Å². The molecule has 1 aromatic heterocycles. The number of carbonyl (C=O) groups is 1. The van der Waals surface area contributed by atoms with E-state index in [1.807, 2.05) is 31.2 Å². The summed E-state index contributed by atoms with van der Waals surface area (Å²) in [5, 5.41) is 6.86. The molecule has 5 nitrogen and oxygen atoms in total. The van der Waals surface area contributed by atoms with E-state index < -0.39 is 17.2 Å². The van der Waals surface area contributed by atoms with Gasteiger partial charge in [-0.15, -0.1) is 0 Å². The van der Waals surface area contributed by atoms with E-state index in [0.29, 0.717) is 5.52 Å². The number of rotatable bonds is 3. The van der Waals surface area contributed by atoms with Crippen LogP contribution < -0.4 is 10.7 Å². The van der Waals surface area contributed by atoms with Crippen LogP contribution in [0.4, 0.5) is 4.39 Å². The molecule has 0 aliphatic carbocycles. The Kier molecular flexibility index (Phi) is 4.12. The van der Waals surface area contributed by atoms with Crippen LogP contribution in [0.3, 0.4) is 0 Å².